The molecule has 140 valence electrons. The van der Waals surface area contributed by atoms with Gasteiger partial charge in [-0.15, -0.1) is 11.8 Å². The summed E-state index contributed by atoms with van der Waals surface area (Å²) in [7, 11) is 0. The third-order valence-electron chi connectivity index (χ3n) is 3.76. The highest BCUT2D eigenvalue weighted by Gasteiger charge is 2.31. The molecule has 0 N–H and O–H groups in total. The summed E-state index contributed by atoms with van der Waals surface area (Å²) >= 11 is 1.16. The number of hydrogen-bond donors (Lipinski definition) is 0. The minimum atomic E-state index is -3.04. The van der Waals surface area contributed by atoms with Crippen LogP contribution in [-0.2, 0) is 5.92 Å². The van der Waals surface area contributed by atoms with E-state index < -0.39 is 11.8 Å². The smallest absolute Gasteiger partial charge is 0.271 e. The molecule has 0 radical (unpaired) electrons. The molecule has 0 unspecified atom stereocenters. The van der Waals surface area contributed by atoms with Crippen molar-refractivity contribution in [2.45, 2.75) is 24.7 Å². The second-order valence-corrected chi connectivity index (χ2v) is 6.96. The van der Waals surface area contributed by atoms with Crippen molar-refractivity contribution >= 4 is 23.4 Å². The Bertz CT molecular complexity index is 899. The molecule has 0 aliphatic carbocycles. The zero-order valence-electron chi connectivity index (χ0n) is 15.3. The average molecular weight is 387 g/mol. The van der Waals surface area contributed by atoms with Crippen LogP contribution in [0.3, 0.4) is 0 Å². The monoisotopic (exact) mass is 387 g/mol. The molecule has 1 aromatic heterocycles. The fraction of sp³-hybridized carbons (Fsp3) is 0.250. The molecule has 1 aromatic carbocycles. The summed E-state index contributed by atoms with van der Waals surface area (Å²) in [5.41, 5.74) is 1.40. The van der Waals surface area contributed by atoms with E-state index in [-0.39, 0.29) is 23.4 Å². The second kappa shape index (κ2) is 8.31. The third kappa shape index (κ3) is 4.72. The van der Waals surface area contributed by atoms with Gasteiger partial charge in [0.1, 0.15) is 11.8 Å². The van der Waals surface area contributed by atoms with Crippen molar-refractivity contribution in [2.24, 2.45) is 0 Å². The van der Waals surface area contributed by atoms with Gasteiger partial charge in [-0.3, -0.25) is 4.79 Å². The van der Waals surface area contributed by atoms with Gasteiger partial charge in [0.2, 0.25) is 0 Å². The Morgan fingerprint density at radius 1 is 1.37 bits per heavy atom. The van der Waals surface area contributed by atoms with Gasteiger partial charge in [0.25, 0.3) is 11.8 Å². The predicted molar refractivity (Wildman–Crippen MR) is 103 cm³/mol. The van der Waals surface area contributed by atoms with Crippen molar-refractivity contribution in [1.29, 1.82) is 5.26 Å². The van der Waals surface area contributed by atoms with E-state index in [9.17, 15) is 13.6 Å². The molecule has 1 heterocycles. The fourth-order valence-electron chi connectivity index (χ4n) is 2.58. The van der Waals surface area contributed by atoms with Crippen molar-refractivity contribution < 1.29 is 13.6 Å². The first-order valence-electron chi connectivity index (χ1n) is 8.06. The molecule has 0 aliphatic heterocycles. The minimum Gasteiger partial charge on any atom is -0.303 e. The molecule has 4 nitrogen and oxygen atoms in total. The maximum absolute atomic E-state index is 14.0. The molecule has 0 fully saturated rings. The van der Waals surface area contributed by atoms with Gasteiger partial charge in [-0.05, 0) is 31.4 Å². The normalized spacial score (nSPS) is 11.0. The number of nitrogens with zero attached hydrogens (tertiary/aromatic N) is 3. The SMILES string of the molecule is C=C(C)CN(C(=O)c1ccc(C#N)nc1)c1cccc(C(C)(F)F)c1SC. The first-order chi connectivity index (χ1) is 12.7. The first-order valence-corrected chi connectivity index (χ1v) is 9.29. The van der Waals surface area contributed by atoms with Gasteiger partial charge >= 0.3 is 0 Å². The maximum atomic E-state index is 14.0. The van der Waals surface area contributed by atoms with Gasteiger partial charge in [0.05, 0.1) is 11.3 Å². The molecule has 0 saturated carbocycles. The Balaban J connectivity index is 2.58. The molecule has 0 aliphatic rings. The molecule has 27 heavy (non-hydrogen) atoms. The Hall–Kier alpha value is -2.72. The zero-order chi connectivity index (χ0) is 20.2. The van der Waals surface area contributed by atoms with E-state index in [0.717, 1.165) is 18.7 Å². The molecular weight excluding hydrogens is 368 g/mol. The number of hydrogen-bond acceptors (Lipinski definition) is 4. The van der Waals surface area contributed by atoms with Crippen molar-refractivity contribution in [1.82, 2.24) is 4.98 Å². The van der Waals surface area contributed by atoms with Crippen molar-refractivity contribution in [2.75, 3.05) is 17.7 Å². The quantitative estimate of drug-likeness (QED) is 0.516. The van der Waals surface area contributed by atoms with Crippen LogP contribution in [0, 0.1) is 11.3 Å². The molecule has 1 amide bonds. The van der Waals surface area contributed by atoms with Gasteiger partial charge in [-0.1, -0.05) is 24.3 Å². The van der Waals surface area contributed by atoms with Crippen molar-refractivity contribution in [3.8, 4) is 6.07 Å². The van der Waals surface area contributed by atoms with Gasteiger partial charge < -0.3 is 4.90 Å². The number of pyridine rings is 1. The van der Waals surface area contributed by atoms with E-state index >= 15 is 0 Å². The van der Waals surface area contributed by atoms with E-state index in [1.165, 1.54) is 35.4 Å². The second-order valence-electron chi connectivity index (χ2n) is 6.14. The van der Waals surface area contributed by atoms with Gasteiger partial charge in [0.15, 0.2) is 0 Å². The van der Waals surface area contributed by atoms with E-state index in [4.69, 9.17) is 5.26 Å². The minimum absolute atomic E-state index is 0.134. The Kier molecular flexibility index (Phi) is 6.34. The van der Waals surface area contributed by atoms with Crippen LogP contribution in [0.1, 0.15) is 35.5 Å². The molecule has 0 atom stereocenters. The lowest BCUT2D eigenvalue weighted by Crippen LogP contribution is -2.33. The molecular formula is C20H19F2N3OS. The molecule has 0 bridgehead atoms. The van der Waals surface area contributed by atoms with Crippen LogP contribution < -0.4 is 4.90 Å². The predicted octanol–water partition coefficient (Wildman–Crippen LogP) is 5.01. The summed E-state index contributed by atoms with van der Waals surface area (Å²) in [4.78, 5) is 18.7. The summed E-state index contributed by atoms with van der Waals surface area (Å²) < 4.78 is 28.1. The van der Waals surface area contributed by atoms with Crippen LogP contribution in [0.15, 0.2) is 53.6 Å². The number of thioether (sulfide) groups is 1. The lowest BCUT2D eigenvalue weighted by molar-refractivity contribution is 0.0147. The molecule has 7 heteroatoms. The summed E-state index contributed by atoms with van der Waals surface area (Å²) in [5.74, 6) is -3.44. The third-order valence-corrected chi connectivity index (χ3v) is 4.60. The van der Waals surface area contributed by atoms with Crippen molar-refractivity contribution in [3.05, 3.63) is 65.5 Å². The summed E-state index contributed by atoms with van der Waals surface area (Å²) in [6.45, 7) is 6.61. The van der Waals surface area contributed by atoms with Gasteiger partial charge in [-0.25, -0.2) is 13.8 Å². The first kappa shape index (κ1) is 20.6. The van der Waals surface area contributed by atoms with E-state index in [1.807, 2.05) is 6.07 Å². The highest BCUT2D eigenvalue weighted by atomic mass is 32.2. The number of benzene rings is 1. The van der Waals surface area contributed by atoms with E-state index in [0.29, 0.717) is 16.2 Å². The highest BCUT2D eigenvalue weighted by Crippen LogP contribution is 2.40. The number of halogens is 2. The Morgan fingerprint density at radius 2 is 2.07 bits per heavy atom. The number of aromatic nitrogens is 1. The molecule has 0 spiro atoms. The Morgan fingerprint density at radius 3 is 2.56 bits per heavy atom. The Labute approximate surface area is 161 Å². The highest BCUT2D eigenvalue weighted by molar-refractivity contribution is 7.98. The summed E-state index contributed by atoms with van der Waals surface area (Å²) in [5, 5.41) is 8.86. The summed E-state index contributed by atoms with van der Waals surface area (Å²) in [6, 6.07) is 9.34. The number of anilines is 1. The lowest BCUT2D eigenvalue weighted by atomic mass is 10.1. The maximum Gasteiger partial charge on any atom is 0.271 e. The topological polar surface area (TPSA) is 57.0 Å². The van der Waals surface area contributed by atoms with Crippen molar-refractivity contribution in [3.63, 3.8) is 0 Å². The van der Waals surface area contributed by atoms with E-state index in [1.54, 1.807) is 19.2 Å². The van der Waals surface area contributed by atoms with E-state index in [2.05, 4.69) is 11.6 Å². The summed E-state index contributed by atoms with van der Waals surface area (Å²) in [6.07, 6.45) is 3.00. The van der Waals surface area contributed by atoms with Crippen LogP contribution >= 0.6 is 11.8 Å². The lowest BCUT2D eigenvalue weighted by Gasteiger charge is -2.27. The standard InChI is InChI=1S/C20H19F2N3OS/c1-13(2)12-25(19(26)14-8-9-15(10-23)24-11-14)17-7-5-6-16(18(17)27-4)20(3,21)22/h5-9,11H,1,12H2,2-4H3. The molecule has 2 aromatic rings. The van der Waals surface area contributed by atoms with Gasteiger partial charge in [-0.2, -0.15) is 5.26 Å². The van der Waals surface area contributed by atoms with Crippen LogP contribution in [0.5, 0.6) is 0 Å². The number of rotatable bonds is 6. The van der Waals surface area contributed by atoms with Crippen LogP contribution in [-0.4, -0.2) is 23.7 Å². The van der Waals surface area contributed by atoms with Crippen LogP contribution in [0.25, 0.3) is 0 Å². The number of nitriles is 1. The number of carbonyl (C=O) groups is 1. The number of carbonyl (C=O) groups excluding carboxylic acids is 1. The van der Waals surface area contributed by atoms with Crippen LogP contribution in [0.4, 0.5) is 14.5 Å². The van der Waals surface area contributed by atoms with Crippen LogP contribution in [0.2, 0.25) is 0 Å². The molecule has 0 saturated heterocycles. The number of alkyl halides is 2. The largest absolute Gasteiger partial charge is 0.303 e. The fourth-order valence-corrected chi connectivity index (χ4v) is 3.43. The molecule has 2 rings (SSSR count). The number of amides is 1. The van der Waals surface area contributed by atoms with Gasteiger partial charge in [0, 0.05) is 30.1 Å². The zero-order valence-corrected chi connectivity index (χ0v) is 16.1. The average Bonchev–Trinajstić information content (AvgIpc) is 2.64.